The van der Waals surface area contributed by atoms with Crippen molar-refractivity contribution >= 4 is 29.2 Å². The van der Waals surface area contributed by atoms with Gasteiger partial charge in [-0.25, -0.2) is 13.4 Å². The molecular weight excluding hydrogens is 626 g/mol. The van der Waals surface area contributed by atoms with Gasteiger partial charge < -0.3 is 25.2 Å². The van der Waals surface area contributed by atoms with E-state index in [1.165, 1.54) is 43.5 Å². The molecule has 14 heteroatoms. The Kier molecular flexibility index (Phi) is 12.5. The fourth-order valence-corrected chi connectivity index (χ4v) is 5.70. The molecule has 0 saturated carbocycles. The van der Waals surface area contributed by atoms with E-state index in [2.05, 4.69) is 25.8 Å². The molecule has 12 nitrogen and oxygen atoms in total. The molecule has 0 bridgehead atoms. The molecule has 1 aromatic heterocycles. The number of benzene rings is 2. The van der Waals surface area contributed by atoms with Gasteiger partial charge in [0, 0.05) is 52.0 Å². The van der Waals surface area contributed by atoms with E-state index in [1.807, 2.05) is 7.05 Å². The van der Waals surface area contributed by atoms with E-state index >= 15 is 4.39 Å². The van der Waals surface area contributed by atoms with Gasteiger partial charge in [0.05, 0.1) is 17.7 Å². The average molecular weight is 669 g/mol. The Morgan fingerprint density at radius 1 is 0.979 bits per heavy atom. The van der Waals surface area contributed by atoms with Crippen LogP contribution in [-0.4, -0.2) is 90.0 Å². The topological polar surface area (TPSA) is 147 Å². The monoisotopic (exact) mass is 668 g/mol. The summed E-state index contributed by atoms with van der Waals surface area (Å²) in [6.45, 7) is 7.61. The maximum absolute atomic E-state index is 15.7. The Balaban J connectivity index is 1.59. The number of piperazine rings is 1. The second kappa shape index (κ2) is 16.5. The predicted octanol–water partition coefficient (Wildman–Crippen LogP) is 3.90. The van der Waals surface area contributed by atoms with Crippen LogP contribution in [-0.2, 0) is 25.5 Å². The van der Waals surface area contributed by atoms with Crippen LogP contribution in [0.5, 0.6) is 0 Å². The fourth-order valence-electron chi connectivity index (χ4n) is 5.70. The number of nitrogens with zero attached hydrogens (tertiary/aromatic N) is 4. The number of amides is 3. The molecule has 0 radical (unpaired) electrons. The van der Waals surface area contributed by atoms with Crippen LogP contribution in [0.1, 0.15) is 72.9 Å². The van der Waals surface area contributed by atoms with Crippen LogP contribution in [0.2, 0.25) is 0 Å². The normalized spacial score (nSPS) is 16.1. The molecule has 1 fully saturated rings. The lowest BCUT2D eigenvalue weighted by Gasteiger charge is -2.36. The molecule has 4 rings (SSSR count). The molecule has 0 spiro atoms. The summed E-state index contributed by atoms with van der Waals surface area (Å²) in [7, 11) is 3.32. The van der Waals surface area contributed by atoms with Gasteiger partial charge in [-0.15, -0.1) is 0 Å². The van der Waals surface area contributed by atoms with Crippen LogP contribution in [0.15, 0.2) is 47.1 Å². The van der Waals surface area contributed by atoms with Crippen LogP contribution in [0.25, 0.3) is 0 Å². The first-order valence-corrected chi connectivity index (χ1v) is 16.0. The number of carbonyl (C=O) groups excluding carboxylic acids is 4. The number of hydrogen-bond acceptors (Lipinski definition) is 9. The molecule has 2 aromatic carbocycles. The Morgan fingerprint density at radius 2 is 1.65 bits per heavy atom. The van der Waals surface area contributed by atoms with Crippen molar-refractivity contribution in [3.63, 3.8) is 0 Å². The number of ketones is 1. The van der Waals surface area contributed by atoms with E-state index in [4.69, 9.17) is 9.37 Å². The minimum Gasteiger partial charge on any atom is -0.376 e. The van der Waals surface area contributed by atoms with Crippen LogP contribution in [0.3, 0.4) is 0 Å². The smallest absolute Gasteiger partial charge is 0.245 e. The number of anilines is 1. The summed E-state index contributed by atoms with van der Waals surface area (Å²) in [4.78, 5) is 56.9. The van der Waals surface area contributed by atoms with Crippen molar-refractivity contribution in [2.24, 2.45) is 5.92 Å². The second-order valence-electron chi connectivity index (χ2n) is 11.9. The number of aryl methyl sites for hydroxylation is 1. The largest absolute Gasteiger partial charge is 0.376 e. The zero-order valence-electron chi connectivity index (χ0n) is 27.8. The van der Waals surface area contributed by atoms with Gasteiger partial charge >= 0.3 is 0 Å². The third kappa shape index (κ3) is 8.66. The van der Waals surface area contributed by atoms with Crippen molar-refractivity contribution in [1.82, 2.24) is 25.4 Å². The minimum absolute atomic E-state index is 0.0235. The number of hydrogen-bond donors (Lipinski definition) is 2. The highest BCUT2D eigenvalue weighted by Crippen LogP contribution is 2.32. The Morgan fingerprint density at radius 3 is 2.25 bits per heavy atom. The van der Waals surface area contributed by atoms with Gasteiger partial charge in [0.25, 0.3) is 0 Å². The maximum Gasteiger partial charge on any atom is 0.245 e. The molecule has 258 valence electrons. The summed E-state index contributed by atoms with van der Waals surface area (Å²) in [5, 5.41) is 12.8. The third-order valence-corrected chi connectivity index (χ3v) is 8.71. The highest BCUT2D eigenvalue weighted by atomic mass is 19.1. The second-order valence-corrected chi connectivity index (χ2v) is 11.9. The summed E-state index contributed by atoms with van der Waals surface area (Å²) in [5.74, 6) is -4.89. The number of carbonyl (C=O) groups is 4. The highest BCUT2D eigenvalue weighted by Gasteiger charge is 2.36. The molecule has 48 heavy (non-hydrogen) atoms. The van der Waals surface area contributed by atoms with Gasteiger partial charge in [0.1, 0.15) is 23.4 Å². The lowest BCUT2D eigenvalue weighted by Crippen LogP contribution is -2.55. The molecule has 1 saturated heterocycles. The van der Waals surface area contributed by atoms with Crippen molar-refractivity contribution < 1.29 is 37.3 Å². The number of ether oxygens (including phenoxy) is 1. The summed E-state index contributed by atoms with van der Waals surface area (Å²) in [6.07, 6.45) is -0.861. The Hall–Kier alpha value is -4.56. The fraction of sp³-hybridized carbons (Fsp3) is 0.471. The van der Waals surface area contributed by atoms with Gasteiger partial charge in [0.15, 0.2) is 11.5 Å². The molecule has 2 N–H and O–H groups in total. The number of methoxy groups -OCH3 is 1. The number of nitrogens with one attached hydrogen (secondary N) is 2. The van der Waals surface area contributed by atoms with E-state index in [1.54, 1.807) is 31.7 Å². The van der Waals surface area contributed by atoms with Gasteiger partial charge in [-0.3, -0.25) is 19.2 Å². The standard InChI is InChI=1S/C34H42F2N6O6/c1-6-26-31(40-48-39-26)28(43)19-24(32(47-5)21-8-11-23(35)12-9-21)33(45)37-27-13-10-22(18-25(27)36)20(3)30(38-29(44)7-2)34(46)42-16-14-41(4)15-17-42/h8-13,18,20,24,30,32H,6-7,14-17,19H2,1-5H3,(H,37,45)(H,38,44)/t20-,24-,30+,32+/m0/s1. The number of Topliss-reactive ketones (excluding diaryl/α,β-unsaturated/α-hetero) is 1. The van der Waals surface area contributed by atoms with Crippen molar-refractivity contribution in [3.05, 3.63) is 76.6 Å². The molecule has 0 aliphatic carbocycles. The first-order chi connectivity index (χ1) is 23.0. The zero-order valence-corrected chi connectivity index (χ0v) is 27.8. The van der Waals surface area contributed by atoms with Gasteiger partial charge in [-0.2, -0.15) is 0 Å². The number of rotatable bonds is 14. The average Bonchev–Trinajstić information content (AvgIpc) is 3.57. The molecule has 1 aliphatic rings. The van der Waals surface area contributed by atoms with Crippen LogP contribution in [0, 0.1) is 17.6 Å². The highest BCUT2D eigenvalue weighted by molar-refractivity contribution is 6.01. The van der Waals surface area contributed by atoms with Crippen molar-refractivity contribution in [2.45, 2.75) is 58.1 Å². The SMILES string of the molecule is CCC(=O)N[C@@H](C(=O)N1CCN(C)CC1)[C@@H](C)c1ccc(NC(=O)[C@@H](CC(=O)c2nonc2CC)[C@H](OC)c2ccc(F)cc2)c(F)c1. The van der Waals surface area contributed by atoms with Crippen molar-refractivity contribution in [2.75, 3.05) is 45.7 Å². The lowest BCUT2D eigenvalue weighted by molar-refractivity contribution is -0.138. The molecule has 3 amide bonds. The van der Waals surface area contributed by atoms with E-state index in [0.29, 0.717) is 49.4 Å². The Labute approximate surface area is 278 Å². The van der Waals surface area contributed by atoms with E-state index < -0.39 is 53.7 Å². The van der Waals surface area contributed by atoms with Crippen LogP contribution in [0.4, 0.5) is 14.5 Å². The van der Waals surface area contributed by atoms with Crippen molar-refractivity contribution in [1.29, 1.82) is 0 Å². The first-order valence-electron chi connectivity index (χ1n) is 16.0. The lowest BCUT2D eigenvalue weighted by atomic mass is 9.88. The van der Waals surface area contributed by atoms with E-state index in [9.17, 15) is 23.6 Å². The molecule has 1 aliphatic heterocycles. The van der Waals surface area contributed by atoms with E-state index in [0.717, 1.165) is 0 Å². The van der Waals surface area contributed by atoms with Gasteiger partial charge in [0.2, 0.25) is 17.7 Å². The molecule has 2 heterocycles. The predicted molar refractivity (Wildman–Crippen MR) is 172 cm³/mol. The van der Waals surface area contributed by atoms with Gasteiger partial charge in [-0.1, -0.05) is 44.1 Å². The number of halogens is 2. The van der Waals surface area contributed by atoms with Crippen molar-refractivity contribution in [3.8, 4) is 0 Å². The third-order valence-electron chi connectivity index (χ3n) is 8.71. The maximum atomic E-state index is 15.7. The molecule has 4 atom stereocenters. The molecular formula is C34H42F2N6O6. The van der Waals surface area contributed by atoms with Gasteiger partial charge in [-0.05, 0) is 54.0 Å². The molecule has 0 unspecified atom stereocenters. The summed E-state index contributed by atoms with van der Waals surface area (Å²) in [6, 6.07) is 8.54. The molecule has 3 aromatic rings. The van der Waals surface area contributed by atoms with Crippen LogP contribution < -0.4 is 10.6 Å². The van der Waals surface area contributed by atoms with Crippen LogP contribution >= 0.6 is 0 Å². The quantitative estimate of drug-likeness (QED) is 0.244. The van der Waals surface area contributed by atoms with E-state index in [-0.39, 0.29) is 29.6 Å². The minimum atomic E-state index is -1.19. The zero-order chi connectivity index (χ0) is 35.0. The Bertz CT molecular complexity index is 1590. The summed E-state index contributed by atoms with van der Waals surface area (Å²) >= 11 is 0. The summed E-state index contributed by atoms with van der Waals surface area (Å²) < 4.78 is 39.8. The first kappa shape index (κ1) is 36.3. The number of likely N-dealkylation sites (N-methyl/N-ethyl adjacent to an activating group) is 1. The number of aromatic nitrogens is 2. The summed E-state index contributed by atoms with van der Waals surface area (Å²) in [5.41, 5.74) is 0.998.